The summed E-state index contributed by atoms with van der Waals surface area (Å²) in [6.45, 7) is 1.91. The Labute approximate surface area is 195 Å². The van der Waals surface area contributed by atoms with E-state index < -0.39 is 30.1 Å². The molecule has 0 aliphatic heterocycles. The number of carbonyl (C=O) groups is 1. The normalized spacial score (nSPS) is 16.7. The van der Waals surface area contributed by atoms with E-state index in [-0.39, 0.29) is 6.10 Å². The van der Waals surface area contributed by atoms with Gasteiger partial charge in [-0.25, -0.2) is 4.98 Å². The minimum atomic E-state index is -4.54. The maximum Gasteiger partial charge on any atom is 0.405 e. The Bertz CT molecular complexity index is 1170. The van der Waals surface area contributed by atoms with Crippen LogP contribution >= 0.6 is 0 Å². The SMILES string of the molecule is CC(C)[C@](N)(C(=O)NCC(F)(F)F)c1cncc(-c2c[nH]c3ncc(OC4CCCC4)cc23)c1. The van der Waals surface area contributed by atoms with Gasteiger partial charge in [-0.3, -0.25) is 9.78 Å². The third kappa shape index (κ3) is 4.86. The molecule has 3 aromatic rings. The molecule has 0 aromatic carbocycles. The third-order valence-corrected chi connectivity index (χ3v) is 6.37. The number of pyridine rings is 2. The molecule has 1 aliphatic rings. The van der Waals surface area contributed by atoms with Gasteiger partial charge in [0.05, 0.1) is 12.3 Å². The first-order valence-corrected chi connectivity index (χ1v) is 11.3. The molecule has 34 heavy (non-hydrogen) atoms. The number of nitrogens with one attached hydrogen (secondary N) is 2. The van der Waals surface area contributed by atoms with Crippen LogP contribution in [0.4, 0.5) is 13.2 Å². The Morgan fingerprint density at radius 2 is 1.97 bits per heavy atom. The highest BCUT2D eigenvalue weighted by Crippen LogP contribution is 2.34. The average Bonchev–Trinajstić information content (AvgIpc) is 3.46. The summed E-state index contributed by atoms with van der Waals surface area (Å²) in [5.41, 5.74) is 7.13. The molecule has 182 valence electrons. The predicted octanol–water partition coefficient (Wildman–Crippen LogP) is 4.43. The zero-order valence-electron chi connectivity index (χ0n) is 19.1. The van der Waals surface area contributed by atoms with E-state index >= 15 is 0 Å². The number of amides is 1. The number of rotatable bonds is 7. The molecule has 0 unspecified atom stereocenters. The monoisotopic (exact) mass is 475 g/mol. The van der Waals surface area contributed by atoms with Crippen molar-refractivity contribution in [3.63, 3.8) is 0 Å². The van der Waals surface area contributed by atoms with Crippen molar-refractivity contribution in [2.45, 2.75) is 57.3 Å². The van der Waals surface area contributed by atoms with Gasteiger partial charge in [0.15, 0.2) is 0 Å². The lowest BCUT2D eigenvalue weighted by molar-refractivity contribution is -0.143. The van der Waals surface area contributed by atoms with Crippen molar-refractivity contribution in [2.75, 3.05) is 6.54 Å². The molecule has 0 bridgehead atoms. The van der Waals surface area contributed by atoms with Crippen LogP contribution < -0.4 is 15.8 Å². The molecule has 0 spiro atoms. The second-order valence-electron chi connectivity index (χ2n) is 9.08. The summed E-state index contributed by atoms with van der Waals surface area (Å²) in [4.78, 5) is 24.6. The van der Waals surface area contributed by atoms with Crippen LogP contribution in [-0.4, -0.2) is 39.7 Å². The summed E-state index contributed by atoms with van der Waals surface area (Å²) in [6.07, 6.45) is 6.49. The van der Waals surface area contributed by atoms with Gasteiger partial charge in [0.2, 0.25) is 5.91 Å². The number of alkyl halides is 3. The summed E-state index contributed by atoms with van der Waals surface area (Å²) in [7, 11) is 0. The first-order chi connectivity index (χ1) is 16.1. The minimum Gasteiger partial charge on any atom is -0.489 e. The highest BCUT2D eigenvalue weighted by atomic mass is 19.4. The van der Waals surface area contributed by atoms with Gasteiger partial charge in [-0.2, -0.15) is 13.2 Å². The number of aromatic nitrogens is 3. The van der Waals surface area contributed by atoms with Crippen LogP contribution in [-0.2, 0) is 10.3 Å². The highest BCUT2D eigenvalue weighted by Gasteiger charge is 2.41. The Kier molecular flexibility index (Phi) is 6.53. The maximum absolute atomic E-state index is 12.8. The second-order valence-corrected chi connectivity index (χ2v) is 9.08. The number of H-pyrrole nitrogens is 1. The molecular weight excluding hydrogens is 447 g/mol. The molecule has 0 saturated heterocycles. The van der Waals surface area contributed by atoms with E-state index in [4.69, 9.17) is 10.5 Å². The maximum atomic E-state index is 12.8. The molecule has 4 rings (SSSR count). The number of nitrogens with two attached hydrogens (primary N) is 1. The standard InChI is InChI=1S/C24H28F3N5O2/c1-14(2)24(28,22(33)32-13-23(25,26)27)16-7-15(9-29-10-16)20-12-31-21-19(20)8-18(11-30-21)34-17-5-3-4-6-17/h7-12,14,17H,3-6,13,28H2,1-2H3,(H,30,31)(H,32,33)/t24-/m1/s1. The van der Waals surface area contributed by atoms with Crippen LogP contribution in [0.2, 0.25) is 0 Å². The van der Waals surface area contributed by atoms with Gasteiger partial charge < -0.3 is 20.8 Å². The number of carbonyl (C=O) groups excluding carboxylic acids is 1. The van der Waals surface area contributed by atoms with Gasteiger partial charge in [-0.15, -0.1) is 0 Å². The number of aromatic amines is 1. The molecule has 4 N–H and O–H groups in total. The number of ether oxygens (including phenoxy) is 1. The van der Waals surface area contributed by atoms with Crippen LogP contribution in [0.5, 0.6) is 5.75 Å². The Morgan fingerprint density at radius 1 is 1.24 bits per heavy atom. The average molecular weight is 476 g/mol. The van der Waals surface area contributed by atoms with E-state index in [1.54, 1.807) is 38.5 Å². The van der Waals surface area contributed by atoms with Gasteiger partial charge in [-0.05, 0) is 43.7 Å². The molecular formula is C24H28F3N5O2. The molecule has 7 nitrogen and oxygen atoms in total. The quantitative estimate of drug-likeness (QED) is 0.469. The molecule has 1 amide bonds. The summed E-state index contributed by atoms with van der Waals surface area (Å²) in [6, 6.07) is 3.60. The molecule has 3 aromatic heterocycles. The Balaban J connectivity index is 1.67. The molecule has 1 atom stereocenters. The topological polar surface area (TPSA) is 106 Å². The number of hydrogen-bond donors (Lipinski definition) is 3. The highest BCUT2D eigenvalue weighted by molar-refractivity contribution is 5.95. The Hall–Kier alpha value is -3.14. The van der Waals surface area contributed by atoms with Crippen LogP contribution in [0.1, 0.15) is 45.1 Å². The van der Waals surface area contributed by atoms with E-state index in [9.17, 15) is 18.0 Å². The van der Waals surface area contributed by atoms with E-state index in [2.05, 4.69) is 15.0 Å². The van der Waals surface area contributed by atoms with Gasteiger partial charge in [-0.1, -0.05) is 13.8 Å². The second kappa shape index (κ2) is 9.25. The van der Waals surface area contributed by atoms with Crippen LogP contribution in [0.15, 0.2) is 36.9 Å². The van der Waals surface area contributed by atoms with E-state index in [1.165, 1.54) is 6.20 Å². The molecule has 1 saturated carbocycles. The van der Waals surface area contributed by atoms with Crippen molar-refractivity contribution in [3.8, 4) is 16.9 Å². The van der Waals surface area contributed by atoms with Crippen LogP contribution in [0.3, 0.4) is 0 Å². The van der Waals surface area contributed by atoms with Crippen molar-refractivity contribution < 1.29 is 22.7 Å². The lowest BCUT2D eigenvalue weighted by Gasteiger charge is -2.32. The summed E-state index contributed by atoms with van der Waals surface area (Å²) in [5.74, 6) is -0.730. The van der Waals surface area contributed by atoms with Gasteiger partial charge in [0.1, 0.15) is 23.5 Å². The van der Waals surface area contributed by atoms with Gasteiger partial charge in [0.25, 0.3) is 0 Å². The summed E-state index contributed by atoms with van der Waals surface area (Å²) >= 11 is 0. The summed E-state index contributed by atoms with van der Waals surface area (Å²) < 4.78 is 44.1. The smallest absolute Gasteiger partial charge is 0.405 e. The largest absolute Gasteiger partial charge is 0.489 e. The fourth-order valence-electron chi connectivity index (χ4n) is 4.35. The zero-order chi connectivity index (χ0) is 24.5. The van der Waals surface area contributed by atoms with Gasteiger partial charge >= 0.3 is 6.18 Å². The lowest BCUT2D eigenvalue weighted by atomic mass is 9.80. The number of hydrogen-bond acceptors (Lipinski definition) is 5. The van der Waals surface area contributed by atoms with Crippen molar-refractivity contribution in [1.29, 1.82) is 0 Å². The van der Waals surface area contributed by atoms with Crippen molar-refractivity contribution in [1.82, 2.24) is 20.3 Å². The number of nitrogens with zero attached hydrogens (tertiary/aromatic N) is 2. The van der Waals surface area contributed by atoms with Crippen molar-refractivity contribution in [3.05, 3.63) is 42.5 Å². The van der Waals surface area contributed by atoms with Crippen LogP contribution in [0, 0.1) is 5.92 Å². The van der Waals surface area contributed by atoms with Crippen molar-refractivity contribution in [2.24, 2.45) is 11.7 Å². The molecule has 3 heterocycles. The fourth-order valence-corrected chi connectivity index (χ4v) is 4.35. The Morgan fingerprint density at radius 3 is 2.65 bits per heavy atom. The number of fused-ring (bicyclic) bond motifs is 1. The number of halogens is 3. The third-order valence-electron chi connectivity index (χ3n) is 6.37. The van der Waals surface area contributed by atoms with Gasteiger partial charge in [0, 0.05) is 40.7 Å². The first kappa shape index (κ1) is 24.0. The molecule has 0 radical (unpaired) electrons. The predicted molar refractivity (Wildman–Crippen MR) is 122 cm³/mol. The fraction of sp³-hybridized carbons (Fsp3) is 0.458. The van der Waals surface area contributed by atoms with Crippen molar-refractivity contribution >= 4 is 16.9 Å². The minimum absolute atomic E-state index is 0.186. The van der Waals surface area contributed by atoms with Crippen LogP contribution in [0.25, 0.3) is 22.2 Å². The van der Waals surface area contributed by atoms with E-state index in [0.717, 1.165) is 36.6 Å². The summed E-state index contributed by atoms with van der Waals surface area (Å²) in [5, 5.41) is 2.73. The zero-order valence-corrected chi connectivity index (χ0v) is 19.1. The van der Waals surface area contributed by atoms with E-state index in [0.29, 0.717) is 22.5 Å². The molecule has 10 heteroatoms. The van der Waals surface area contributed by atoms with E-state index in [1.807, 2.05) is 11.4 Å². The lowest BCUT2D eigenvalue weighted by Crippen LogP contribution is -2.56. The molecule has 1 aliphatic carbocycles. The molecule has 1 fully saturated rings. The first-order valence-electron chi connectivity index (χ1n) is 11.3.